The van der Waals surface area contributed by atoms with Crippen LogP contribution in [-0.2, 0) is 4.79 Å². The van der Waals surface area contributed by atoms with Crippen molar-refractivity contribution in [2.75, 3.05) is 19.6 Å². The third-order valence-electron chi connectivity index (χ3n) is 5.05. The van der Waals surface area contributed by atoms with E-state index in [1.807, 2.05) is 0 Å². The van der Waals surface area contributed by atoms with E-state index in [0.717, 1.165) is 37.9 Å². The Morgan fingerprint density at radius 1 is 1.30 bits per heavy atom. The largest absolute Gasteiger partial charge is 0.368 e. The van der Waals surface area contributed by atoms with Crippen molar-refractivity contribution in [3.05, 3.63) is 0 Å². The molecule has 2 rings (SSSR count). The van der Waals surface area contributed by atoms with Crippen LogP contribution in [0.15, 0.2) is 0 Å². The first-order valence-corrected chi connectivity index (χ1v) is 8.49. The van der Waals surface area contributed by atoms with Gasteiger partial charge in [0.05, 0.1) is 6.04 Å². The van der Waals surface area contributed by atoms with Crippen LogP contribution in [0.25, 0.3) is 0 Å². The van der Waals surface area contributed by atoms with Gasteiger partial charge >= 0.3 is 0 Å². The highest BCUT2D eigenvalue weighted by Crippen LogP contribution is 2.35. The van der Waals surface area contributed by atoms with Crippen LogP contribution in [0.1, 0.15) is 58.3 Å². The fourth-order valence-electron chi connectivity index (χ4n) is 3.96. The third-order valence-corrected chi connectivity index (χ3v) is 5.05. The molecule has 2 aliphatic rings. The Morgan fingerprint density at radius 2 is 2.05 bits per heavy atom. The van der Waals surface area contributed by atoms with Crippen molar-refractivity contribution in [3.63, 3.8) is 0 Å². The lowest BCUT2D eigenvalue weighted by Gasteiger charge is -2.44. The first-order chi connectivity index (χ1) is 9.72. The average Bonchev–Trinajstić information content (AvgIpc) is 2.47. The van der Waals surface area contributed by atoms with E-state index in [9.17, 15) is 4.79 Å². The van der Waals surface area contributed by atoms with Crippen molar-refractivity contribution in [1.29, 1.82) is 0 Å². The molecule has 1 saturated heterocycles. The van der Waals surface area contributed by atoms with E-state index < -0.39 is 0 Å². The standard InChI is InChI=1S/C16H31N3O/c1-2-10-18-14(16(17)20)9-12-19-11-5-7-13-6-3-4-8-15(13)19/h13-15,18H,2-12H2,1H3,(H2,17,20)/t13-,14?,15-/m1/s1. The van der Waals surface area contributed by atoms with Gasteiger partial charge in [0.25, 0.3) is 0 Å². The van der Waals surface area contributed by atoms with Crippen LogP contribution >= 0.6 is 0 Å². The number of amides is 1. The molecule has 0 aromatic rings. The Labute approximate surface area is 123 Å². The van der Waals surface area contributed by atoms with Gasteiger partial charge in [-0.15, -0.1) is 0 Å². The molecule has 1 saturated carbocycles. The van der Waals surface area contributed by atoms with Gasteiger partial charge in [-0.1, -0.05) is 19.8 Å². The number of fused-ring (bicyclic) bond motifs is 1. The third kappa shape index (κ3) is 4.19. The number of piperidine rings is 1. The molecule has 0 spiro atoms. The molecule has 4 heteroatoms. The molecule has 116 valence electrons. The molecule has 0 bridgehead atoms. The summed E-state index contributed by atoms with van der Waals surface area (Å²) in [6, 6.07) is 0.621. The van der Waals surface area contributed by atoms with Crippen LogP contribution < -0.4 is 11.1 Å². The summed E-state index contributed by atoms with van der Waals surface area (Å²) in [6.07, 6.45) is 10.2. The molecule has 1 aliphatic heterocycles. The quantitative estimate of drug-likeness (QED) is 0.749. The van der Waals surface area contributed by atoms with E-state index >= 15 is 0 Å². The number of primary amides is 1. The fraction of sp³-hybridized carbons (Fsp3) is 0.938. The summed E-state index contributed by atoms with van der Waals surface area (Å²) in [6.45, 7) is 5.22. The van der Waals surface area contributed by atoms with E-state index in [4.69, 9.17) is 5.73 Å². The first kappa shape index (κ1) is 15.8. The lowest BCUT2D eigenvalue weighted by molar-refractivity contribution is -0.120. The molecular formula is C16H31N3O. The van der Waals surface area contributed by atoms with E-state index in [1.165, 1.54) is 45.1 Å². The van der Waals surface area contributed by atoms with E-state index in [-0.39, 0.29) is 11.9 Å². The van der Waals surface area contributed by atoms with Crippen molar-refractivity contribution in [3.8, 4) is 0 Å². The highest BCUT2D eigenvalue weighted by molar-refractivity contribution is 5.79. The Bertz CT molecular complexity index is 306. The number of nitrogens with zero attached hydrogens (tertiary/aromatic N) is 1. The summed E-state index contributed by atoms with van der Waals surface area (Å²) in [7, 11) is 0. The van der Waals surface area contributed by atoms with Gasteiger partial charge in [0, 0.05) is 12.6 Å². The molecule has 0 radical (unpaired) electrons. The van der Waals surface area contributed by atoms with Gasteiger partial charge in [-0.25, -0.2) is 0 Å². The molecule has 3 N–H and O–H groups in total. The van der Waals surface area contributed by atoms with Crippen molar-refractivity contribution in [2.45, 2.75) is 70.4 Å². The number of nitrogens with one attached hydrogen (secondary N) is 1. The van der Waals surface area contributed by atoms with Crippen LogP contribution in [0, 0.1) is 5.92 Å². The maximum Gasteiger partial charge on any atom is 0.234 e. The predicted octanol–water partition coefficient (Wildman–Crippen LogP) is 1.88. The molecule has 20 heavy (non-hydrogen) atoms. The summed E-state index contributed by atoms with van der Waals surface area (Å²) >= 11 is 0. The molecule has 0 aromatic carbocycles. The Morgan fingerprint density at radius 3 is 2.80 bits per heavy atom. The maximum absolute atomic E-state index is 11.5. The van der Waals surface area contributed by atoms with Gasteiger partial charge < -0.3 is 16.0 Å². The number of nitrogens with two attached hydrogens (primary N) is 1. The van der Waals surface area contributed by atoms with Crippen molar-refractivity contribution in [2.24, 2.45) is 11.7 Å². The van der Waals surface area contributed by atoms with Crippen LogP contribution in [0.5, 0.6) is 0 Å². The number of rotatable bonds is 7. The average molecular weight is 281 g/mol. The minimum atomic E-state index is -0.198. The van der Waals surface area contributed by atoms with E-state index in [1.54, 1.807) is 0 Å². The number of carbonyl (C=O) groups is 1. The number of hydrogen-bond acceptors (Lipinski definition) is 3. The van der Waals surface area contributed by atoms with Gasteiger partial charge in [-0.05, 0) is 57.5 Å². The van der Waals surface area contributed by atoms with Gasteiger partial charge in [-0.2, -0.15) is 0 Å². The van der Waals surface area contributed by atoms with E-state index in [2.05, 4.69) is 17.1 Å². The minimum Gasteiger partial charge on any atom is -0.368 e. The highest BCUT2D eigenvalue weighted by Gasteiger charge is 2.33. The van der Waals surface area contributed by atoms with Gasteiger partial charge in [0.15, 0.2) is 0 Å². The van der Waals surface area contributed by atoms with Crippen LogP contribution in [-0.4, -0.2) is 42.5 Å². The molecular weight excluding hydrogens is 250 g/mol. The molecule has 4 nitrogen and oxygen atoms in total. The van der Waals surface area contributed by atoms with Crippen molar-refractivity contribution in [1.82, 2.24) is 10.2 Å². The van der Waals surface area contributed by atoms with Crippen molar-refractivity contribution < 1.29 is 4.79 Å². The SMILES string of the molecule is CCCNC(CCN1CCC[C@H]2CCCC[C@H]21)C(N)=O. The lowest BCUT2D eigenvalue weighted by Crippen LogP contribution is -2.49. The zero-order valence-corrected chi connectivity index (χ0v) is 12.9. The summed E-state index contributed by atoms with van der Waals surface area (Å²) in [5.74, 6) is 0.712. The first-order valence-electron chi connectivity index (χ1n) is 8.49. The second kappa shape index (κ2) is 7.99. The van der Waals surface area contributed by atoms with Crippen LogP contribution in [0.3, 0.4) is 0 Å². The summed E-state index contributed by atoms with van der Waals surface area (Å²) < 4.78 is 0. The summed E-state index contributed by atoms with van der Waals surface area (Å²) in [5, 5.41) is 3.28. The second-order valence-corrected chi connectivity index (χ2v) is 6.49. The summed E-state index contributed by atoms with van der Waals surface area (Å²) in [4.78, 5) is 14.1. The van der Waals surface area contributed by atoms with Gasteiger partial charge in [0.1, 0.15) is 0 Å². The number of carbonyl (C=O) groups excluding carboxylic acids is 1. The topological polar surface area (TPSA) is 58.4 Å². The van der Waals surface area contributed by atoms with Crippen LogP contribution in [0.4, 0.5) is 0 Å². The number of hydrogen-bond donors (Lipinski definition) is 2. The van der Waals surface area contributed by atoms with Gasteiger partial charge in [-0.3, -0.25) is 4.79 Å². The minimum absolute atomic E-state index is 0.154. The Hall–Kier alpha value is -0.610. The van der Waals surface area contributed by atoms with Gasteiger partial charge in [0.2, 0.25) is 5.91 Å². The Kier molecular flexibility index (Phi) is 6.30. The van der Waals surface area contributed by atoms with Crippen LogP contribution in [0.2, 0.25) is 0 Å². The predicted molar refractivity (Wildman–Crippen MR) is 82.4 cm³/mol. The molecule has 0 aromatic heterocycles. The molecule has 1 heterocycles. The zero-order valence-electron chi connectivity index (χ0n) is 12.9. The molecule has 1 aliphatic carbocycles. The zero-order chi connectivity index (χ0) is 14.4. The number of likely N-dealkylation sites (tertiary alicyclic amines) is 1. The van der Waals surface area contributed by atoms with E-state index in [0.29, 0.717) is 0 Å². The molecule has 2 fully saturated rings. The highest BCUT2D eigenvalue weighted by atomic mass is 16.1. The van der Waals surface area contributed by atoms with Crippen molar-refractivity contribution >= 4 is 5.91 Å². The maximum atomic E-state index is 11.5. The lowest BCUT2D eigenvalue weighted by atomic mass is 9.78. The molecule has 3 atom stereocenters. The molecule has 1 unspecified atom stereocenters. The Balaban J connectivity index is 1.82. The fourth-order valence-corrected chi connectivity index (χ4v) is 3.96. The molecule has 1 amide bonds. The monoisotopic (exact) mass is 281 g/mol. The normalized spacial score (nSPS) is 28.9. The summed E-state index contributed by atoms with van der Waals surface area (Å²) in [5.41, 5.74) is 5.50. The second-order valence-electron chi connectivity index (χ2n) is 6.49. The smallest absolute Gasteiger partial charge is 0.234 e.